The first-order valence-electron chi connectivity index (χ1n) is 6.31. The third-order valence-corrected chi connectivity index (χ3v) is 2.92. The van der Waals surface area contributed by atoms with E-state index in [2.05, 4.69) is 0 Å². The number of esters is 1. The monoisotopic (exact) mass is 295 g/mol. The molecule has 0 spiro atoms. The van der Waals surface area contributed by atoms with Crippen LogP contribution in [0.25, 0.3) is 0 Å². The van der Waals surface area contributed by atoms with Gasteiger partial charge in [-0.05, 0) is 18.4 Å². The number of rotatable bonds is 8. The highest BCUT2D eigenvalue weighted by Gasteiger charge is 2.43. The fourth-order valence-corrected chi connectivity index (χ4v) is 1.67. The van der Waals surface area contributed by atoms with Crippen LogP contribution in [-0.4, -0.2) is 33.7 Å². The van der Waals surface area contributed by atoms with Crippen LogP contribution in [0.5, 0.6) is 0 Å². The van der Waals surface area contributed by atoms with E-state index in [0.717, 1.165) is 0 Å². The Bertz CT molecular complexity index is 515. The second-order valence-electron chi connectivity index (χ2n) is 4.59. The number of carboxylic acids is 2. The molecule has 7 nitrogen and oxygen atoms in total. The summed E-state index contributed by atoms with van der Waals surface area (Å²) < 4.78 is 4.92. The number of aliphatic carboxylic acids is 2. The Balaban J connectivity index is 2.64. The minimum Gasteiger partial charge on any atom is -0.481 e. The Morgan fingerprint density at radius 3 is 2.29 bits per heavy atom. The summed E-state index contributed by atoms with van der Waals surface area (Å²) in [5.74, 6) is -3.70. The van der Waals surface area contributed by atoms with Crippen molar-refractivity contribution in [2.24, 2.45) is 5.73 Å². The van der Waals surface area contributed by atoms with Gasteiger partial charge in [-0.1, -0.05) is 30.3 Å². The van der Waals surface area contributed by atoms with Gasteiger partial charge in [-0.2, -0.15) is 0 Å². The van der Waals surface area contributed by atoms with Gasteiger partial charge < -0.3 is 20.7 Å². The molecule has 7 heteroatoms. The standard InChI is InChI=1S/C14H17NO6/c15-14(12(18)19,8-4-7-11(16)17)13(20)21-9-10-5-2-1-3-6-10/h1-3,5-6H,4,7-9,15H2,(H,16,17)(H,18,19). The molecule has 114 valence electrons. The fraction of sp³-hybridized carbons (Fsp3) is 0.357. The van der Waals surface area contributed by atoms with Crippen LogP contribution < -0.4 is 5.73 Å². The molecule has 0 aromatic heterocycles. The van der Waals surface area contributed by atoms with E-state index in [9.17, 15) is 14.4 Å². The summed E-state index contributed by atoms with van der Waals surface area (Å²) in [6.07, 6.45) is -0.598. The Morgan fingerprint density at radius 2 is 1.76 bits per heavy atom. The molecule has 1 unspecified atom stereocenters. The second-order valence-corrected chi connectivity index (χ2v) is 4.59. The number of carbonyl (C=O) groups is 3. The molecule has 0 aliphatic heterocycles. The Hall–Kier alpha value is -2.41. The quantitative estimate of drug-likeness (QED) is 0.477. The number of hydrogen-bond acceptors (Lipinski definition) is 5. The van der Waals surface area contributed by atoms with Crippen molar-refractivity contribution in [1.29, 1.82) is 0 Å². The zero-order valence-electron chi connectivity index (χ0n) is 11.3. The minimum atomic E-state index is -2.23. The van der Waals surface area contributed by atoms with Gasteiger partial charge >= 0.3 is 17.9 Å². The van der Waals surface area contributed by atoms with E-state index >= 15 is 0 Å². The van der Waals surface area contributed by atoms with Crippen molar-refractivity contribution in [3.05, 3.63) is 35.9 Å². The Morgan fingerprint density at radius 1 is 1.14 bits per heavy atom. The van der Waals surface area contributed by atoms with Crippen LogP contribution in [0.15, 0.2) is 30.3 Å². The Labute approximate surface area is 121 Å². The lowest BCUT2D eigenvalue weighted by molar-refractivity contribution is -0.162. The van der Waals surface area contributed by atoms with E-state index < -0.39 is 23.4 Å². The van der Waals surface area contributed by atoms with Crippen molar-refractivity contribution in [3.63, 3.8) is 0 Å². The molecule has 4 N–H and O–H groups in total. The van der Waals surface area contributed by atoms with Crippen LogP contribution in [0, 0.1) is 0 Å². The van der Waals surface area contributed by atoms with Crippen molar-refractivity contribution >= 4 is 17.9 Å². The maximum Gasteiger partial charge on any atom is 0.338 e. The first-order chi connectivity index (χ1) is 9.86. The van der Waals surface area contributed by atoms with Crippen LogP contribution in [-0.2, 0) is 25.7 Å². The summed E-state index contributed by atoms with van der Waals surface area (Å²) >= 11 is 0. The van der Waals surface area contributed by atoms with Gasteiger partial charge in [0.1, 0.15) is 6.61 Å². The highest BCUT2D eigenvalue weighted by molar-refractivity contribution is 6.03. The average Bonchev–Trinajstić information content (AvgIpc) is 2.45. The van der Waals surface area contributed by atoms with E-state index in [4.69, 9.17) is 20.7 Å². The van der Waals surface area contributed by atoms with Gasteiger partial charge in [-0.25, -0.2) is 9.59 Å². The van der Waals surface area contributed by atoms with Crippen molar-refractivity contribution in [3.8, 4) is 0 Å². The predicted molar refractivity (Wildman–Crippen MR) is 72.3 cm³/mol. The van der Waals surface area contributed by atoms with Crippen molar-refractivity contribution in [2.75, 3.05) is 0 Å². The summed E-state index contributed by atoms with van der Waals surface area (Å²) in [7, 11) is 0. The molecule has 0 aliphatic rings. The highest BCUT2D eigenvalue weighted by Crippen LogP contribution is 2.15. The van der Waals surface area contributed by atoms with Gasteiger partial charge in [-0.15, -0.1) is 0 Å². The molecule has 0 heterocycles. The maximum atomic E-state index is 11.9. The third-order valence-electron chi connectivity index (χ3n) is 2.92. The van der Waals surface area contributed by atoms with Crippen molar-refractivity contribution in [1.82, 2.24) is 0 Å². The molecule has 0 radical (unpaired) electrons. The largest absolute Gasteiger partial charge is 0.481 e. The number of carbonyl (C=O) groups excluding carboxylic acids is 1. The molecule has 1 aromatic rings. The zero-order chi connectivity index (χ0) is 15.9. The molecule has 1 atom stereocenters. The van der Waals surface area contributed by atoms with E-state index in [1.54, 1.807) is 30.3 Å². The minimum absolute atomic E-state index is 0.0292. The lowest BCUT2D eigenvalue weighted by Crippen LogP contribution is -2.55. The first-order valence-corrected chi connectivity index (χ1v) is 6.31. The summed E-state index contributed by atoms with van der Waals surface area (Å²) in [5, 5.41) is 17.6. The summed E-state index contributed by atoms with van der Waals surface area (Å²) in [6, 6.07) is 8.74. The van der Waals surface area contributed by atoms with Gasteiger partial charge in [0.2, 0.25) is 5.54 Å². The molecular formula is C14H17NO6. The normalized spacial score (nSPS) is 13.2. The summed E-state index contributed by atoms with van der Waals surface area (Å²) in [5.41, 5.74) is 4.03. The maximum absolute atomic E-state index is 11.9. The van der Waals surface area contributed by atoms with Gasteiger partial charge in [0.15, 0.2) is 0 Å². The van der Waals surface area contributed by atoms with Crippen LogP contribution >= 0.6 is 0 Å². The van der Waals surface area contributed by atoms with E-state index in [1.165, 1.54) is 0 Å². The molecule has 0 aliphatic carbocycles. The third kappa shape index (κ3) is 4.88. The molecule has 0 amide bonds. The van der Waals surface area contributed by atoms with Crippen LogP contribution in [0.4, 0.5) is 0 Å². The number of nitrogens with two attached hydrogens (primary N) is 1. The van der Waals surface area contributed by atoms with E-state index in [1.807, 2.05) is 0 Å². The Kier molecular flexibility index (Phi) is 5.86. The number of benzene rings is 1. The first kappa shape index (κ1) is 16.6. The topological polar surface area (TPSA) is 127 Å². The molecular weight excluding hydrogens is 278 g/mol. The van der Waals surface area contributed by atoms with Gasteiger partial charge in [-0.3, -0.25) is 4.79 Å². The fourth-order valence-electron chi connectivity index (χ4n) is 1.67. The van der Waals surface area contributed by atoms with E-state index in [-0.39, 0.29) is 25.9 Å². The van der Waals surface area contributed by atoms with Crippen molar-refractivity contribution < 1.29 is 29.3 Å². The molecule has 0 fully saturated rings. The SMILES string of the molecule is NC(CCCC(=O)O)(C(=O)O)C(=O)OCc1ccccc1. The van der Waals surface area contributed by atoms with Crippen LogP contribution in [0.3, 0.4) is 0 Å². The van der Waals surface area contributed by atoms with Gasteiger partial charge in [0.25, 0.3) is 0 Å². The van der Waals surface area contributed by atoms with Gasteiger partial charge in [0, 0.05) is 6.42 Å². The van der Waals surface area contributed by atoms with Gasteiger partial charge in [0.05, 0.1) is 0 Å². The number of ether oxygens (including phenoxy) is 1. The van der Waals surface area contributed by atoms with Crippen molar-refractivity contribution in [2.45, 2.75) is 31.4 Å². The molecule has 0 bridgehead atoms. The molecule has 1 rings (SSSR count). The lowest BCUT2D eigenvalue weighted by atomic mass is 9.94. The summed E-state index contributed by atoms with van der Waals surface area (Å²) in [6.45, 7) is -0.0924. The van der Waals surface area contributed by atoms with E-state index in [0.29, 0.717) is 5.56 Å². The lowest BCUT2D eigenvalue weighted by Gasteiger charge is -2.22. The summed E-state index contributed by atoms with van der Waals surface area (Å²) in [4.78, 5) is 33.5. The average molecular weight is 295 g/mol. The zero-order valence-corrected chi connectivity index (χ0v) is 11.3. The molecule has 1 aromatic carbocycles. The smallest absolute Gasteiger partial charge is 0.338 e. The second kappa shape index (κ2) is 7.39. The number of hydrogen-bond donors (Lipinski definition) is 3. The molecule has 0 saturated heterocycles. The van der Waals surface area contributed by atoms with Crippen LogP contribution in [0.1, 0.15) is 24.8 Å². The highest BCUT2D eigenvalue weighted by atomic mass is 16.5. The molecule has 21 heavy (non-hydrogen) atoms. The predicted octanol–water partition coefficient (Wildman–Crippen LogP) is 0.767. The molecule has 0 saturated carbocycles. The number of carboxylic acid groups (broad SMARTS) is 2. The van der Waals surface area contributed by atoms with Crippen LogP contribution in [0.2, 0.25) is 0 Å².